The summed E-state index contributed by atoms with van der Waals surface area (Å²) in [6, 6.07) is 65.7. The van der Waals surface area contributed by atoms with Crippen molar-refractivity contribution in [2.75, 3.05) is 0 Å². The summed E-state index contributed by atoms with van der Waals surface area (Å²) in [7, 11) is -6.79. The summed E-state index contributed by atoms with van der Waals surface area (Å²) in [4.78, 5) is 0. The fourth-order valence-electron chi connectivity index (χ4n) is 6.58. The summed E-state index contributed by atoms with van der Waals surface area (Å²) < 4.78 is 98.2. The van der Waals surface area contributed by atoms with Crippen molar-refractivity contribution >= 4 is 59.1 Å². The van der Waals surface area contributed by atoms with Crippen LogP contribution in [-0.4, -0.2) is 0 Å². The summed E-state index contributed by atoms with van der Waals surface area (Å²) in [6.45, 7) is 18.9. The van der Waals surface area contributed by atoms with E-state index in [2.05, 4.69) is 144 Å². The molecule has 0 fully saturated rings. The second-order valence-corrected chi connectivity index (χ2v) is 26.0. The van der Waals surface area contributed by atoms with Crippen LogP contribution in [0.4, 0.5) is 22.0 Å². The second kappa shape index (κ2) is 26.8. The number of hydrogen-bond donors (Lipinski definition) is 0. The molecule has 15 heteroatoms. The van der Waals surface area contributed by atoms with Gasteiger partial charge in [0.2, 0.25) is 0 Å². The van der Waals surface area contributed by atoms with Gasteiger partial charge < -0.3 is 0 Å². The normalized spacial score (nSPS) is 11.6. The van der Waals surface area contributed by atoms with E-state index in [4.69, 9.17) is 4.08 Å². The van der Waals surface area contributed by atoms with Crippen LogP contribution in [-0.2, 0) is 48.8 Å². The van der Waals surface area contributed by atoms with Crippen molar-refractivity contribution < 1.29 is 95.0 Å². The van der Waals surface area contributed by atoms with Gasteiger partial charge in [0.25, 0.3) is 0 Å². The number of benzene rings is 8. The van der Waals surface area contributed by atoms with Gasteiger partial charge in [0, 0.05) is 55.4 Å². The average molecular weight is 1390 g/mol. The quantitative estimate of drug-likeness (QED) is 0.0361. The predicted octanol–water partition coefficient (Wildman–Crippen LogP) is 9.39. The molecular weight excluding hydrogens is 1340 g/mol. The van der Waals surface area contributed by atoms with Crippen molar-refractivity contribution in [3.8, 4) is 0 Å². The molecule has 0 saturated carbocycles. The predicted molar refractivity (Wildman–Crippen MR) is 265 cm³/mol. The molecular formula is C55H49Au2ClF5O4P3-4. The molecule has 0 bridgehead atoms. The van der Waals surface area contributed by atoms with E-state index in [0.29, 0.717) is 10.6 Å². The summed E-state index contributed by atoms with van der Waals surface area (Å²) in [5.41, 5.74) is 3.93. The van der Waals surface area contributed by atoms with Crippen molar-refractivity contribution in [2.24, 2.45) is 0 Å². The molecule has 0 aromatic heterocycles. The van der Waals surface area contributed by atoms with Crippen LogP contribution in [0.15, 0.2) is 194 Å². The molecule has 0 atom stereocenters. The average Bonchev–Trinajstić information content (AvgIpc) is 3.33. The first-order valence-electron chi connectivity index (χ1n) is 20.7. The minimum absolute atomic E-state index is 0. The van der Waals surface area contributed by atoms with E-state index < -0.39 is 61.3 Å². The zero-order valence-electron chi connectivity index (χ0n) is 38.1. The molecule has 376 valence electrons. The van der Waals surface area contributed by atoms with Gasteiger partial charge in [-0.25, -0.2) is 13.2 Å². The third-order valence-electron chi connectivity index (χ3n) is 10.3. The molecule has 0 unspecified atom stereocenters. The Bertz CT molecular complexity index is 2610. The molecule has 0 saturated heterocycles. The van der Waals surface area contributed by atoms with Crippen LogP contribution in [0.25, 0.3) is 0 Å². The van der Waals surface area contributed by atoms with Crippen LogP contribution in [0.5, 0.6) is 0 Å². The fourth-order valence-corrected chi connectivity index (χ4v) is 14.9. The van der Waals surface area contributed by atoms with Gasteiger partial charge in [-0.3, -0.25) is 8.78 Å². The topological polar surface area (TPSA) is 78.4 Å². The van der Waals surface area contributed by atoms with Gasteiger partial charge in [-0.15, -0.1) is 6.07 Å². The molecule has 8 aromatic rings. The van der Waals surface area contributed by atoms with E-state index in [0.717, 1.165) is 6.07 Å². The summed E-state index contributed by atoms with van der Waals surface area (Å²) in [6.07, 6.45) is 0. The van der Waals surface area contributed by atoms with Crippen LogP contribution in [0.2, 0.25) is 0 Å². The van der Waals surface area contributed by atoms with Gasteiger partial charge in [-0.05, 0) is 68.9 Å². The van der Waals surface area contributed by atoms with Crippen LogP contribution < -0.4 is 51.1 Å². The Morgan fingerprint density at radius 3 is 1.00 bits per heavy atom. The van der Waals surface area contributed by atoms with Crippen LogP contribution in [0.1, 0.15) is 16.7 Å². The number of halogens is 6. The van der Waals surface area contributed by atoms with Gasteiger partial charge in [0.15, 0.2) is 0 Å². The Hall–Kier alpha value is -3.69. The maximum absolute atomic E-state index is 12.0. The molecule has 0 heterocycles. The molecule has 0 N–H and O–H groups in total. The van der Waals surface area contributed by atoms with Crippen molar-refractivity contribution in [1.29, 1.82) is 0 Å². The molecule has 0 aliphatic heterocycles. The Kier molecular flexibility index (Phi) is 23.2. The van der Waals surface area contributed by atoms with Gasteiger partial charge in [0.05, 0.1) is 29.1 Å². The molecule has 0 spiro atoms. The van der Waals surface area contributed by atoms with Gasteiger partial charge >= 0.3 is 120 Å². The Labute approximate surface area is 444 Å². The first kappa shape index (κ1) is 60.6. The SMILES string of the molecule is Cc1ccc(P(c2ccc(C)cc2)c2ccc(C)cc2)cc1.Fc1[c-]c(F)c(F)c(F)c1F.[Au].[Au].[CH2-]P([CH2-])(O[Cl+3]([O-])([O-])[O-])(c1ccccc1)c1ccccc1.[CH2-][P+]([CH2-])(c1ccccc1)c1ccccc1. The van der Waals surface area contributed by atoms with Crippen molar-refractivity contribution in [2.45, 2.75) is 20.8 Å². The van der Waals surface area contributed by atoms with E-state index in [1.807, 2.05) is 36.4 Å². The molecule has 4 nitrogen and oxygen atoms in total. The minimum atomic E-state index is -4.66. The maximum atomic E-state index is 12.0. The zero-order valence-corrected chi connectivity index (χ0v) is 45.9. The standard InChI is InChI=1S/C21H21P.C14H14ClO4P.C14H14P.C6F5.2Au/c1-16-4-10-19(11-5-16)22(20-12-6-17(2)7-13-20)21-14-8-18(3)9-15-21;1-20(2,19-15(16,17)18,13-9-5-3-6-10-13)14-11-7-4-8-12-14;1-15(2,13-9-5-3-6-10-13)14-11-7-4-8-12-14;7-2-1-3(8)5(10)6(11)4(2)9;;/h4-15H,1-3H3;3-12H,1-2H2;3-12H,1-2H2;;;/q;-2;2*-1;;. The first-order chi connectivity index (χ1) is 32.1. The molecule has 8 rings (SSSR count). The van der Waals surface area contributed by atoms with Gasteiger partial charge in [-0.2, -0.15) is 20.6 Å². The zero-order chi connectivity index (χ0) is 49.7. The molecule has 0 amide bonds. The van der Waals surface area contributed by atoms with Crippen molar-refractivity contribution in [1.82, 2.24) is 0 Å². The smallest absolute Gasteiger partial charge is 0.0408 e. The van der Waals surface area contributed by atoms with Crippen LogP contribution >= 0.6 is 22.0 Å². The molecule has 0 aliphatic carbocycles. The minimum Gasteiger partial charge on any atom is -0.199 e. The third-order valence-corrected chi connectivity index (χ3v) is 20.4. The molecule has 0 aliphatic rings. The number of hydrogen-bond acceptors (Lipinski definition) is 4. The largest absolute Gasteiger partial charge is 0.199 e. The Balaban J connectivity index is 0.000000252. The van der Waals surface area contributed by atoms with E-state index in [-0.39, 0.29) is 44.8 Å². The number of aryl methyl sites for hydroxylation is 3. The Morgan fingerprint density at radius 1 is 0.457 bits per heavy atom. The molecule has 2 radical (unpaired) electrons. The van der Waals surface area contributed by atoms with Gasteiger partial charge in [0.1, 0.15) is 0 Å². The number of rotatable bonds is 9. The summed E-state index contributed by atoms with van der Waals surface area (Å²) >= 11 is 0. The van der Waals surface area contributed by atoms with E-state index in [1.54, 1.807) is 60.7 Å². The third kappa shape index (κ3) is 16.4. The second-order valence-electron chi connectivity index (χ2n) is 15.7. The maximum Gasteiger partial charge on any atom is 0.0408 e. The van der Waals surface area contributed by atoms with Gasteiger partial charge in [-0.1, -0.05) is 126 Å². The van der Waals surface area contributed by atoms with E-state index >= 15 is 0 Å². The van der Waals surface area contributed by atoms with E-state index in [1.165, 1.54) is 43.2 Å². The van der Waals surface area contributed by atoms with E-state index in [9.17, 15) is 35.9 Å². The summed E-state index contributed by atoms with van der Waals surface area (Å²) in [5.74, 6) is -10.0. The fraction of sp³-hybridized carbons (Fsp3) is 0.0545. The van der Waals surface area contributed by atoms with Crippen molar-refractivity contribution in [3.05, 3.63) is 273 Å². The summed E-state index contributed by atoms with van der Waals surface area (Å²) in [5, 5.41) is 7.69. The van der Waals surface area contributed by atoms with Crippen LogP contribution in [0.3, 0.4) is 0 Å². The Morgan fingerprint density at radius 2 is 0.729 bits per heavy atom. The first-order valence-corrected chi connectivity index (χ1v) is 27.9. The monoisotopic (exact) mass is 1390 g/mol. The molecule has 70 heavy (non-hydrogen) atoms. The van der Waals surface area contributed by atoms with Crippen LogP contribution in [0, 0.1) is 92.8 Å². The molecule has 8 aromatic carbocycles. The van der Waals surface area contributed by atoms with Crippen molar-refractivity contribution in [3.63, 3.8) is 0 Å².